The number of H-pyrrole nitrogens is 1. The summed E-state index contributed by atoms with van der Waals surface area (Å²) in [5, 5.41) is 5.90. The van der Waals surface area contributed by atoms with Crippen molar-refractivity contribution in [2.45, 2.75) is 67.0 Å². The summed E-state index contributed by atoms with van der Waals surface area (Å²) in [6.45, 7) is 14.1. The van der Waals surface area contributed by atoms with Crippen molar-refractivity contribution in [2.75, 3.05) is 6.54 Å². The van der Waals surface area contributed by atoms with Crippen LogP contribution < -0.4 is 0 Å². The van der Waals surface area contributed by atoms with Crippen molar-refractivity contribution >= 4 is 16.8 Å². The van der Waals surface area contributed by atoms with E-state index in [4.69, 9.17) is 0 Å². The lowest BCUT2D eigenvalue weighted by molar-refractivity contribution is -0.132. The molecule has 0 bridgehead atoms. The highest BCUT2D eigenvalue weighted by molar-refractivity contribution is 5.89. The van der Waals surface area contributed by atoms with Crippen LogP contribution in [0.4, 0.5) is 0 Å². The Morgan fingerprint density at radius 1 is 1.18 bits per heavy atom. The number of aryl methyl sites for hydroxylation is 3. The predicted molar refractivity (Wildman–Crippen MR) is 113 cm³/mol. The molecule has 0 aliphatic carbocycles. The second-order valence-electron chi connectivity index (χ2n) is 8.37. The zero-order valence-corrected chi connectivity index (χ0v) is 17.8. The number of nitrogens with one attached hydrogen (secondary N) is 1. The van der Waals surface area contributed by atoms with E-state index in [9.17, 15) is 4.79 Å². The van der Waals surface area contributed by atoms with Crippen molar-refractivity contribution in [3.05, 3.63) is 51.5 Å². The van der Waals surface area contributed by atoms with Gasteiger partial charge >= 0.3 is 0 Å². The smallest absolute Gasteiger partial charge is 0.225 e. The van der Waals surface area contributed by atoms with E-state index >= 15 is 0 Å². The zero-order valence-electron chi connectivity index (χ0n) is 17.8. The lowest BCUT2D eigenvalue weighted by Crippen LogP contribution is -2.36. The average molecular weight is 379 g/mol. The highest BCUT2D eigenvalue weighted by atomic mass is 16.2. The number of carbonyl (C=O) groups is 1. The first-order valence-electron chi connectivity index (χ1n) is 10.2. The SMILES string of the molecule is Cc1ccc2c3c([nH]c2c1C)CCN(C(=O)C[C@H](C)n1nc(C)c(C)c1C)C3. The van der Waals surface area contributed by atoms with Gasteiger partial charge in [-0.05, 0) is 58.2 Å². The van der Waals surface area contributed by atoms with Gasteiger partial charge in [-0.2, -0.15) is 5.10 Å². The van der Waals surface area contributed by atoms with E-state index < -0.39 is 0 Å². The average Bonchev–Trinajstić information content (AvgIpc) is 3.17. The van der Waals surface area contributed by atoms with Crippen molar-refractivity contribution in [1.29, 1.82) is 0 Å². The van der Waals surface area contributed by atoms with Crippen LogP contribution in [0.1, 0.15) is 58.7 Å². The van der Waals surface area contributed by atoms with E-state index in [0.29, 0.717) is 13.0 Å². The molecule has 0 radical (unpaired) electrons. The van der Waals surface area contributed by atoms with Gasteiger partial charge in [0.1, 0.15) is 0 Å². The second kappa shape index (κ2) is 6.80. The van der Waals surface area contributed by atoms with Crippen molar-refractivity contribution in [3.63, 3.8) is 0 Å². The monoisotopic (exact) mass is 378 g/mol. The molecule has 5 nitrogen and oxygen atoms in total. The van der Waals surface area contributed by atoms with E-state index in [1.165, 1.54) is 38.9 Å². The number of aromatic amines is 1. The van der Waals surface area contributed by atoms with Crippen molar-refractivity contribution in [1.82, 2.24) is 19.7 Å². The van der Waals surface area contributed by atoms with Crippen LogP contribution in [0.25, 0.3) is 10.9 Å². The number of fused-ring (bicyclic) bond motifs is 3. The Kier molecular flexibility index (Phi) is 4.56. The summed E-state index contributed by atoms with van der Waals surface area (Å²) >= 11 is 0. The van der Waals surface area contributed by atoms with Gasteiger partial charge in [-0.1, -0.05) is 12.1 Å². The van der Waals surface area contributed by atoms with Crippen LogP contribution >= 0.6 is 0 Å². The summed E-state index contributed by atoms with van der Waals surface area (Å²) in [5.74, 6) is 0.210. The molecule has 0 saturated heterocycles. The lowest BCUT2D eigenvalue weighted by atomic mass is 10.0. The van der Waals surface area contributed by atoms with Crippen LogP contribution in [0.5, 0.6) is 0 Å². The van der Waals surface area contributed by atoms with Gasteiger partial charge < -0.3 is 9.88 Å². The maximum absolute atomic E-state index is 13.0. The molecule has 0 unspecified atom stereocenters. The molecule has 5 heteroatoms. The summed E-state index contributed by atoms with van der Waals surface area (Å²) < 4.78 is 2.01. The van der Waals surface area contributed by atoms with E-state index in [1.807, 2.05) is 16.5 Å². The van der Waals surface area contributed by atoms with Crippen LogP contribution in [-0.4, -0.2) is 32.1 Å². The minimum absolute atomic E-state index is 0.0640. The van der Waals surface area contributed by atoms with Crippen LogP contribution in [0.2, 0.25) is 0 Å². The third-order valence-electron chi connectivity index (χ3n) is 6.61. The molecule has 0 spiro atoms. The van der Waals surface area contributed by atoms with E-state index in [-0.39, 0.29) is 11.9 Å². The molecule has 1 amide bonds. The molecule has 3 heterocycles. The lowest BCUT2D eigenvalue weighted by Gasteiger charge is -2.28. The molecule has 1 aliphatic rings. The number of hydrogen-bond donors (Lipinski definition) is 1. The zero-order chi connectivity index (χ0) is 20.2. The Bertz CT molecular complexity index is 1070. The third-order valence-corrected chi connectivity index (χ3v) is 6.61. The van der Waals surface area contributed by atoms with Gasteiger partial charge in [0.05, 0.1) is 11.7 Å². The molecule has 3 aromatic rings. The first-order chi connectivity index (χ1) is 13.3. The minimum atomic E-state index is 0.0640. The Morgan fingerprint density at radius 2 is 1.93 bits per heavy atom. The fourth-order valence-corrected chi connectivity index (χ4v) is 4.38. The van der Waals surface area contributed by atoms with Gasteiger partial charge in [0.15, 0.2) is 0 Å². The molecule has 1 N–H and O–H groups in total. The number of aromatic nitrogens is 3. The molecule has 1 atom stereocenters. The first kappa shape index (κ1) is 18.8. The summed E-state index contributed by atoms with van der Waals surface area (Å²) in [6.07, 6.45) is 1.37. The van der Waals surface area contributed by atoms with Crippen molar-refractivity contribution in [3.8, 4) is 0 Å². The highest BCUT2D eigenvalue weighted by Crippen LogP contribution is 2.31. The fraction of sp³-hybridized carbons (Fsp3) is 0.478. The number of amides is 1. The Morgan fingerprint density at radius 3 is 2.61 bits per heavy atom. The van der Waals surface area contributed by atoms with Crippen molar-refractivity contribution in [2.24, 2.45) is 0 Å². The number of nitrogens with zero attached hydrogens (tertiary/aromatic N) is 3. The molecule has 4 rings (SSSR count). The van der Waals surface area contributed by atoms with Gasteiger partial charge in [0.2, 0.25) is 5.91 Å². The van der Waals surface area contributed by atoms with E-state index in [1.54, 1.807) is 0 Å². The first-order valence-corrected chi connectivity index (χ1v) is 10.2. The molecule has 0 fully saturated rings. The normalized spacial score (nSPS) is 15.1. The molecule has 148 valence electrons. The Hall–Kier alpha value is -2.56. The maximum Gasteiger partial charge on any atom is 0.225 e. The molecule has 0 saturated carbocycles. The third kappa shape index (κ3) is 2.93. The Labute approximate surface area is 166 Å². The fourth-order valence-electron chi connectivity index (χ4n) is 4.38. The number of rotatable bonds is 3. The quantitative estimate of drug-likeness (QED) is 0.732. The summed E-state index contributed by atoms with van der Waals surface area (Å²) in [4.78, 5) is 18.7. The van der Waals surface area contributed by atoms with Gasteiger partial charge in [-0.3, -0.25) is 9.48 Å². The summed E-state index contributed by atoms with van der Waals surface area (Å²) in [6, 6.07) is 4.44. The van der Waals surface area contributed by atoms with Gasteiger partial charge in [-0.15, -0.1) is 0 Å². The standard InChI is InChI=1S/C23H30N4O/c1-13-7-8-19-20-12-26(10-9-21(20)24-23(19)15(13)3)22(28)11-14(2)27-18(6)16(4)17(5)25-27/h7-8,14,24H,9-12H2,1-6H3/t14-/m0/s1. The van der Waals surface area contributed by atoms with Crippen LogP contribution in [-0.2, 0) is 17.8 Å². The van der Waals surface area contributed by atoms with Gasteiger partial charge in [0, 0.05) is 53.8 Å². The summed E-state index contributed by atoms with van der Waals surface area (Å²) in [7, 11) is 0. The highest BCUT2D eigenvalue weighted by Gasteiger charge is 2.26. The maximum atomic E-state index is 13.0. The molecular formula is C23H30N4O. The number of benzene rings is 1. The largest absolute Gasteiger partial charge is 0.358 e. The minimum Gasteiger partial charge on any atom is -0.358 e. The van der Waals surface area contributed by atoms with E-state index in [2.05, 4.69) is 56.8 Å². The van der Waals surface area contributed by atoms with Crippen molar-refractivity contribution < 1.29 is 4.79 Å². The van der Waals surface area contributed by atoms with Crippen LogP contribution in [0.3, 0.4) is 0 Å². The molecule has 28 heavy (non-hydrogen) atoms. The Balaban J connectivity index is 1.54. The molecule has 2 aromatic heterocycles. The number of hydrogen-bond acceptors (Lipinski definition) is 2. The topological polar surface area (TPSA) is 53.9 Å². The van der Waals surface area contributed by atoms with E-state index in [0.717, 1.165) is 24.4 Å². The summed E-state index contributed by atoms with van der Waals surface area (Å²) in [5.41, 5.74) is 9.82. The second-order valence-corrected chi connectivity index (χ2v) is 8.37. The van der Waals surface area contributed by atoms with Crippen LogP contribution in [0.15, 0.2) is 12.1 Å². The van der Waals surface area contributed by atoms with Gasteiger partial charge in [0.25, 0.3) is 0 Å². The van der Waals surface area contributed by atoms with Gasteiger partial charge in [-0.25, -0.2) is 0 Å². The number of carbonyl (C=O) groups excluding carboxylic acids is 1. The molecule has 1 aliphatic heterocycles. The molecule has 1 aromatic carbocycles. The predicted octanol–water partition coefficient (Wildman–Crippen LogP) is 4.44. The molecular weight excluding hydrogens is 348 g/mol. The van der Waals surface area contributed by atoms with Crippen LogP contribution in [0, 0.1) is 34.6 Å².